The standard InChI is InChI=1S/C20H23F4N3S/c1-3-28-26-20-17(23)11-27(25-2)18(20)9-12-5-4-6-16(19(12)24)13-7-14(21)10-15(22)8-13/h4-8,10,17-18,20,25-26H,3,9,11H2,1-2H3. The Morgan fingerprint density at radius 1 is 1.14 bits per heavy atom. The highest BCUT2D eigenvalue weighted by molar-refractivity contribution is 7.97. The highest BCUT2D eigenvalue weighted by Gasteiger charge is 2.42. The predicted molar refractivity (Wildman–Crippen MR) is 105 cm³/mol. The van der Waals surface area contributed by atoms with Gasteiger partial charge in [-0.2, -0.15) is 0 Å². The molecule has 1 aliphatic heterocycles. The van der Waals surface area contributed by atoms with E-state index in [0.29, 0.717) is 5.56 Å². The first-order valence-corrected chi connectivity index (χ1v) is 10.1. The molecule has 2 aromatic carbocycles. The third kappa shape index (κ3) is 4.51. The molecule has 1 heterocycles. The van der Waals surface area contributed by atoms with Gasteiger partial charge in [-0.3, -0.25) is 10.1 Å². The lowest BCUT2D eigenvalue weighted by molar-refractivity contribution is 0.175. The summed E-state index contributed by atoms with van der Waals surface area (Å²) in [5.41, 5.74) is 3.60. The van der Waals surface area contributed by atoms with Crippen LogP contribution in [-0.4, -0.2) is 42.6 Å². The fourth-order valence-electron chi connectivity index (χ4n) is 3.59. The number of hydrogen-bond donors (Lipinski definition) is 2. The lowest BCUT2D eigenvalue weighted by atomic mass is 9.96. The van der Waals surface area contributed by atoms with Crippen molar-refractivity contribution < 1.29 is 17.6 Å². The maximum absolute atomic E-state index is 15.2. The lowest BCUT2D eigenvalue weighted by Gasteiger charge is -2.27. The molecule has 0 saturated carbocycles. The number of halogens is 4. The number of nitrogens with zero attached hydrogens (tertiary/aromatic N) is 1. The molecule has 1 saturated heterocycles. The fraction of sp³-hybridized carbons (Fsp3) is 0.400. The van der Waals surface area contributed by atoms with Gasteiger partial charge in [0.1, 0.15) is 23.6 Å². The van der Waals surface area contributed by atoms with Crippen molar-refractivity contribution in [3.8, 4) is 11.1 Å². The average Bonchev–Trinajstić information content (AvgIpc) is 2.95. The van der Waals surface area contributed by atoms with Crippen molar-refractivity contribution in [3.63, 3.8) is 0 Å². The van der Waals surface area contributed by atoms with E-state index in [1.165, 1.54) is 18.0 Å². The van der Waals surface area contributed by atoms with Gasteiger partial charge in [0.2, 0.25) is 0 Å². The highest BCUT2D eigenvalue weighted by Crippen LogP contribution is 2.30. The molecule has 1 fully saturated rings. The van der Waals surface area contributed by atoms with Crippen LogP contribution in [-0.2, 0) is 6.42 Å². The Labute approximate surface area is 166 Å². The van der Waals surface area contributed by atoms with Gasteiger partial charge < -0.3 is 0 Å². The Bertz CT molecular complexity index is 800. The molecule has 0 bridgehead atoms. The molecule has 0 aliphatic carbocycles. The van der Waals surface area contributed by atoms with Crippen LogP contribution < -0.4 is 10.1 Å². The van der Waals surface area contributed by atoms with Gasteiger partial charge in [0.15, 0.2) is 0 Å². The summed E-state index contributed by atoms with van der Waals surface area (Å²) >= 11 is 1.42. The second-order valence-electron chi connectivity index (χ2n) is 6.68. The molecule has 3 unspecified atom stereocenters. The summed E-state index contributed by atoms with van der Waals surface area (Å²) in [6.07, 6.45) is -0.847. The molecule has 3 nitrogen and oxygen atoms in total. The van der Waals surface area contributed by atoms with Crippen molar-refractivity contribution in [2.24, 2.45) is 0 Å². The Balaban J connectivity index is 1.91. The minimum absolute atomic E-state index is 0.120. The smallest absolute Gasteiger partial charge is 0.134 e. The molecule has 8 heteroatoms. The van der Waals surface area contributed by atoms with Crippen molar-refractivity contribution in [1.29, 1.82) is 0 Å². The topological polar surface area (TPSA) is 27.3 Å². The van der Waals surface area contributed by atoms with E-state index in [9.17, 15) is 13.2 Å². The molecule has 0 aromatic heterocycles. The van der Waals surface area contributed by atoms with Crippen LogP contribution in [0.5, 0.6) is 0 Å². The Hall–Kier alpha value is -1.61. The molecule has 152 valence electrons. The van der Waals surface area contributed by atoms with E-state index in [1.54, 1.807) is 24.2 Å². The quantitative estimate of drug-likeness (QED) is 0.528. The second-order valence-corrected chi connectivity index (χ2v) is 7.78. The van der Waals surface area contributed by atoms with Crippen LogP contribution in [0.3, 0.4) is 0 Å². The van der Waals surface area contributed by atoms with E-state index >= 15 is 4.39 Å². The minimum atomic E-state index is -1.10. The zero-order valence-electron chi connectivity index (χ0n) is 15.7. The van der Waals surface area contributed by atoms with E-state index < -0.39 is 29.7 Å². The SMILES string of the molecule is CCSNC1C(F)CN(NC)C1Cc1cccc(-c2cc(F)cc(F)c2)c1F. The zero-order chi connectivity index (χ0) is 20.3. The number of hydrazine groups is 1. The summed E-state index contributed by atoms with van der Waals surface area (Å²) < 4.78 is 59.9. The second kappa shape index (κ2) is 9.26. The summed E-state index contributed by atoms with van der Waals surface area (Å²) in [5, 5.41) is 1.76. The number of rotatable bonds is 7. The molecule has 2 aromatic rings. The third-order valence-electron chi connectivity index (χ3n) is 4.91. The predicted octanol–water partition coefficient (Wildman–Crippen LogP) is 4.10. The van der Waals surface area contributed by atoms with Crippen LogP contribution in [0.4, 0.5) is 17.6 Å². The molecule has 0 radical (unpaired) electrons. The molecule has 1 aliphatic rings. The van der Waals surface area contributed by atoms with E-state index in [0.717, 1.165) is 24.0 Å². The number of nitrogens with one attached hydrogen (secondary N) is 2. The zero-order valence-corrected chi connectivity index (χ0v) is 16.5. The summed E-state index contributed by atoms with van der Waals surface area (Å²) in [5.74, 6) is -1.30. The Morgan fingerprint density at radius 2 is 1.86 bits per heavy atom. The summed E-state index contributed by atoms with van der Waals surface area (Å²) in [6.45, 7) is 2.16. The molecular formula is C20H23F4N3S. The number of hydrogen-bond acceptors (Lipinski definition) is 4. The van der Waals surface area contributed by atoms with Gasteiger partial charge in [0.05, 0.1) is 6.04 Å². The summed E-state index contributed by atoms with van der Waals surface area (Å²) in [6, 6.07) is 6.92. The number of alkyl halides is 1. The van der Waals surface area contributed by atoms with Crippen LogP contribution in [0, 0.1) is 17.5 Å². The third-order valence-corrected chi connectivity index (χ3v) is 5.64. The first-order chi connectivity index (χ1) is 13.4. The van der Waals surface area contributed by atoms with Crippen LogP contribution in [0.2, 0.25) is 0 Å². The van der Waals surface area contributed by atoms with Gasteiger partial charge in [-0.15, -0.1) is 0 Å². The first-order valence-electron chi connectivity index (χ1n) is 9.13. The normalized spacial score (nSPS) is 22.7. The average molecular weight is 413 g/mol. The highest BCUT2D eigenvalue weighted by atomic mass is 32.2. The van der Waals surface area contributed by atoms with Gasteiger partial charge in [0.25, 0.3) is 0 Å². The maximum Gasteiger partial charge on any atom is 0.134 e. The van der Waals surface area contributed by atoms with E-state index in [4.69, 9.17) is 0 Å². The molecule has 0 spiro atoms. The van der Waals surface area contributed by atoms with Crippen molar-refractivity contribution in [1.82, 2.24) is 15.2 Å². The van der Waals surface area contributed by atoms with E-state index in [2.05, 4.69) is 10.1 Å². The van der Waals surface area contributed by atoms with Crippen LogP contribution in [0.25, 0.3) is 11.1 Å². The largest absolute Gasteiger partial charge is 0.258 e. The van der Waals surface area contributed by atoms with Crippen molar-refractivity contribution in [2.75, 3.05) is 19.3 Å². The molecular weight excluding hydrogens is 390 g/mol. The van der Waals surface area contributed by atoms with Gasteiger partial charge in [-0.1, -0.05) is 37.1 Å². The Kier molecular flexibility index (Phi) is 6.98. The Morgan fingerprint density at radius 3 is 2.50 bits per heavy atom. The van der Waals surface area contributed by atoms with E-state index in [1.807, 2.05) is 6.92 Å². The summed E-state index contributed by atoms with van der Waals surface area (Å²) in [4.78, 5) is 0. The van der Waals surface area contributed by atoms with Gasteiger partial charge in [-0.25, -0.2) is 22.6 Å². The van der Waals surface area contributed by atoms with Crippen LogP contribution in [0.15, 0.2) is 36.4 Å². The van der Waals surface area contributed by atoms with Gasteiger partial charge >= 0.3 is 0 Å². The first kappa shape index (κ1) is 21.1. The molecule has 2 N–H and O–H groups in total. The van der Waals surface area contributed by atoms with Gasteiger partial charge in [-0.05, 0) is 36.7 Å². The van der Waals surface area contributed by atoms with Crippen molar-refractivity contribution in [2.45, 2.75) is 31.6 Å². The molecule has 0 amide bonds. The molecule has 28 heavy (non-hydrogen) atoms. The van der Waals surface area contributed by atoms with Crippen molar-refractivity contribution in [3.05, 3.63) is 59.4 Å². The fourth-order valence-corrected chi connectivity index (χ4v) is 4.26. The minimum Gasteiger partial charge on any atom is -0.258 e. The van der Waals surface area contributed by atoms with Crippen LogP contribution in [0.1, 0.15) is 12.5 Å². The maximum atomic E-state index is 15.2. The van der Waals surface area contributed by atoms with Crippen molar-refractivity contribution >= 4 is 11.9 Å². The van der Waals surface area contributed by atoms with Crippen LogP contribution >= 0.6 is 11.9 Å². The van der Waals surface area contributed by atoms with Gasteiger partial charge in [0, 0.05) is 30.0 Å². The molecule has 3 atom stereocenters. The summed E-state index contributed by atoms with van der Waals surface area (Å²) in [7, 11) is 1.71. The van der Waals surface area contributed by atoms with E-state index in [-0.39, 0.29) is 30.1 Å². The lowest BCUT2D eigenvalue weighted by Crippen LogP contribution is -2.47. The monoisotopic (exact) mass is 413 g/mol. The number of benzene rings is 2. The molecule has 3 rings (SSSR count).